The lowest BCUT2D eigenvalue weighted by Gasteiger charge is -2.20. The number of aryl methyl sites for hydroxylation is 1. The summed E-state index contributed by atoms with van der Waals surface area (Å²) >= 11 is 5.95. The third-order valence-corrected chi connectivity index (χ3v) is 4.51. The summed E-state index contributed by atoms with van der Waals surface area (Å²) in [6, 6.07) is 15.0. The summed E-state index contributed by atoms with van der Waals surface area (Å²) in [5, 5.41) is 10.2. The molecule has 1 heterocycles. The van der Waals surface area contributed by atoms with Crippen LogP contribution in [0.1, 0.15) is 19.4 Å². The predicted molar refractivity (Wildman–Crippen MR) is 104 cm³/mol. The number of hydrogen-bond acceptors (Lipinski definition) is 4. The average Bonchev–Trinajstić information content (AvgIpc) is 2.96. The second-order valence-electron chi connectivity index (χ2n) is 5.84. The number of benzene rings is 2. The molecule has 1 aliphatic heterocycles. The van der Waals surface area contributed by atoms with E-state index < -0.39 is 6.04 Å². The molecule has 2 aromatic carbocycles. The summed E-state index contributed by atoms with van der Waals surface area (Å²) in [7, 11) is 0. The largest absolute Gasteiger partial charge is 0.361 e. The molecule has 2 aromatic rings. The van der Waals surface area contributed by atoms with Crippen molar-refractivity contribution >= 4 is 35.0 Å². The van der Waals surface area contributed by atoms with E-state index in [4.69, 9.17) is 11.6 Å². The van der Waals surface area contributed by atoms with Gasteiger partial charge in [0.05, 0.1) is 11.4 Å². The van der Waals surface area contributed by atoms with Crippen LogP contribution in [0.15, 0.2) is 65.4 Å². The van der Waals surface area contributed by atoms with E-state index in [2.05, 4.69) is 23.4 Å². The van der Waals surface area contributed by atoms with Crippen molar-refractivity contribution < 1.29 is 4.79 Å². The number of para-hydroxylation sites is 1. The Labute approximate surface area is 152 Å². The quantitative estimate of drug-likeness (QED) is 0.795. The van der Waals surface area contributed by atoms with Crippen molar-refractivity contribution in [2.45, 2.75) is 26.3 Å². The highest BCUT2D eigenvalue weighted by Crippen LogP contribution is 2.28. The lowest BCUT2D eigenvalue weighted by Crippen LogP contribution is -2.29. The van der Waals surface area contributed by atoms with Gasteiger partial charge in [-0.3, -0.25) is 5.01 Å². The van der Waals surface area contributed by atoms with Crippen LogP contribution in [0.2, 0.25) is 5.02 Å². The van der Waals surface area contributed by atoms with Crippen molar-refractivity contribution in [3.63, 3.8) is 0 Å². The third-order valence-electron chi connectivity index (χ3n) is 4.26. The van der Waals surface area contributed by atoms with Gasteiger partial charge in [0.15, 0.2) is 0 Å². The van der Waals surface area contributed by atoms with Crippen LogP contribution in [0.5, 0.6) is 0 Å². The molecule has 0 fully saturated rings. The standard InChI is InChI=1S/C20H20ClN3O/c1-3-15-6-4-5-7-19(15)22-12-18-14(2)23-24(20(18)13-25)17-10-8-16(21)9-11-17/h4-13,20,22H,3H2,1-2H3. The fraction of sp³-hybridized carbons (Fsp3) is 0.200. The first-order valence-electron chi connectivity index (χ1n) is 8.24. The molecule has 4 nitrogen and oxygen atoms in total. The Bertz CT molecular complexity index is 827. The second-order valence-corrected chi connectivity index (χ2v) is 6.28. The van der Waals surface area contributed by atoms with Crippen LogP contribution in [0.4, 0.5) is 11.4 Å². The molecule has 3 rings (SSSR count). The lowest BCUT2D eigenvalue weighted by atomic mass is 10.1. The molecule has 25 heavy (non-hydrogen) atoms. The lowest BCUT2D eigenvalue weighted by molar-refractivity contribution is -0.108. The highest BCUT2D eigenvalue weighted by atomic mass is 35.5. The SMILES string of the molecule is CCc1ccccc1NC=C1C(C)=NN(c2ccc(Cl)cc2)C1C=O. The summed E-state index contributed by atoms with van der Waals surface area (Å²) < 4.78 is 0. The molecular weight excluding hydrogens is 334 g/mol. The van der Waals surface area contributed by atoms with Crippen molar-refractivity contribution in [3.8, 4) is 0 Å². The van der Waals surface area contributed by atoms with Crippen LogP contribution in [-0.2, 0) is 11.2 Å². The number of nitrogens with one attached hydrogen (secondary N) is 1. The average molecular weight is 354 g/mol. The van der Waals surface area contributed by atoms with E-state index in [1.807, 2.05) is 43.5 Å². The number of rotatable bonds is 5. The van der Waals surface area contributed by atoms with Crippen LogP contribution in [0, 0.1) is 0 Å². The minimum Gasteiger partial charge on any atom is -0.361 e. The number of hydrogen-bond donors (Lipinski definition) is 1. The van der Waals surface area contributed by atoms with Crippen molar-refractivity contribution in [1.29, 1.82) is 0 Å². The Morgan fingerprint density at radius 2 is 1.92 bits per heavy atom. The van der Waals surface area contributed by atoms with Crippen LogP contribution in [-0.4, -0.2) is 18.0 Å². The van der Waals surface area contributed by atoms with Gasteiger partial charge in [-0.1, -0.05) is 36.7 Å². The molecule has 0 saturated carbocycles. The Kier molecular flexibility index (Phi) is 5.19. The number of carbonyl (C=O) groups excluding carboxylic acids is 1. The van der Waals surface area contributed by atoms with Crippen LogP contribution >= 0.6 is 11.6 Å². The monoisotopic (exact) mass is 353 g/mol. The van der Waals surface area contributed by atoms with E-state index in [0.29, 0.717) is 5.02 Å². The van der Waals surface area contributed by atoms with Crippen LogP contribution < -0.4 is 10.3 Å². The van der Waals surface area contributed by atoms with Crippen LogP contribution in [0.25, 0.3) is 0 Å². The van der Waals surface area contributed by atoms with Gasteiger partial charge in [-0.15, -0.1) is 0 Å². The van der Waals surface area contributed by atoms with Gasteiger partial charge in [-0.2, -0.15) is 5.10 Å². The Morgan fingerprint density at radius 3 is 2.60 bits per heavy atom. The molecule has 0 radical (unpaired) electrons. The normalized spacial score (nSPS) is 18.4. The zero-order valence-electron chi connectivity index (χ0n) is 14.2. The van der Waals surface area contributed by atoms with Gasteiger partial charge >= 0.3 is 0 Å². The molecule has 5 heteroatoms. The summed E-state index contributed by atoms with van der Waals surface area (Å²) in [5.41, 5.74) is 4.77. The molecule has 0 bridgehead atoms. The minimum atomic E-state index is -0.456. The first-order valence-corrected chi connectivity index (χ1v) is 8.62. The van der Waals surface area contributed by atoms with E-state index in [9.17, 15) is 4.79 Å². The van der Waals surface area contributed by atoms with Crippen molar-refractivity contribution in [2.75, 3.05) is 10.3 Å². The van der Waals surface area contributed by atoms with Gasteiger partial charge in [0, 0.05) is 22.5 Å². The molecule has 0 spiro atoms. The predicted octanol–water partition coefficient (Wildman–Crippen LogP) is 4.66. The topological polar surface area (TPSA) is 44.7 Å². The minimum absolute atomic E-state index is 0.456. The molecule has 128 valence electrons. The number of anilines is 2. The summed E-state index contributed by atoms with van der Waals surface area (Å²) in [4.78, 5) is 11.7. The first kappa shape index (κ1) is 17.2. The van der Waals surface area contributed by atoms with E-state index in [1.54, 1.807) is 17.1 Å². The highest BCUT2D eigenvalue weighted by Gasteiger charge is 2.30. The van der Waals surface area contributed by atoms with E-state index in [1.165, 1.54) is 5.56 Å². The summed E-state index contributed by atoms with van der Waals surface area (Å²) in [6.07, 6.45) is 3.73. The van der Waals surface area contributed by atoms with Gasteiger partial charge in [-0.25, -0.2) is 0 Å². The van der Waals surface area contributed by atoms with Crippen molar-refractivity contribution in [2.24, 2.45) is 5.10 Å². The summed E-state index contributed by atoms with van der Waals surface area (Å²) in [6.45, 7) is 4.03. The van der Waals surface area contributed by atoms with E-state index in [-0.39, 0.29) is 0 Å². The number of carbonyl (C=O) groups is 1. The zero-order valence-corrected chi connectivity index (χ0v) is 15.0. The van der Waals surface area contributed by atoms with Crippen LogP contribution in [0.3, 0.4) is 0 Å². The smallest absolute Gasteiger partial charge is 0.149 e. The van der Waals surface area contributed by atoms with Gasteiger partial charge in [-0.05, 0) is 49.2 Å². The maximum Gasteiger partial charge on any atom is 0.149 e. The second kappa shape index (κ2) is 7.53. The van der Waals surface area contributed by atoms with E-state index >= 15 is 0 Å². The molecule has 0 saturated heterocycles. The maximum atomic E-state index is 11.7. The Morgan fingerprint density at radius 1 is 1.20 bits per heavy atom. The molecule has 1 N–H and O–H groups in total. The van der Waals surface area contributed by atoms with Gasteiger partial charge in [0.25, 0.3) is 0 Å². The first-order chi connectivity index (χ1) is 12.1. The molecule has 0 aromatic heterocycles. The number of halogens is 1. The van der Waals surface area contributed by atoms with Crippen molar-refractivity contribution in [1.82, 2.24) is 0 Å². The highest BCUT2D eigenvalue weighted by molar-refractivity contribution is 6.30. The zero-order chi connectivity index (χ0) is 17.8. The van der Waals surface area contributed by atoms with Gasteiger partial charge in [0.2, 0.25) is 0 Å². The Hall–Kier alpha value is -2.59. The molecule has 0 amide bonds. The number of hydrazone groups is 1. The third kappa shape index (κ3) is 3.59. The molecule has 0 aliphatic carbocycles. The summed E-state index contributed by atoms with van der Waals surface area (Å²) in [5.74, 6) is 0. The van der Waals surface area contributed by atoms with E-state index in [0.717, 1.165) is 35.4 Å². The molecule has 1 unspecified atom stereocenters. The molecule has 1 atom stereocenters. The fourth-order valence-electron chi connectivity index (χ4n) is 2.89. The number of nitrogens with zero attached hydrogens (tertiary/aromatic N) is 2. The van der Waals surface area contributed by atoms with Crippen molar-refractivity contribution in [3.05, 3.63) is 70.9 Å². The maximum absolute atomic E-state index is 11.7. The van der Waals surface area contributed by atoms with Gasteiger partial charge in [0.1, 0.15) is 12.3 Å². The molecular formula is C20H20ClN3O. The fourth-order valence-corrected chi connectivity index (χ4v) is 3.01. The number of aldehydes is 1. The molecule has 1 aliphatic rings. The van der Waals surface area contributed by atoms with Gasteiger partial charge < -0.3 is 10.1 Å². The Balaban J connectivity index is 1.88.